The van der Waals surface area contributed by atoms with Gasteiger partial charge in [0.05, 0.1) is 12.1 Å². The van der Waals surface area contributed by atoms with E-state index in [-0.39, 0.29) is 28.7 Å². The van der Waals surface area contributed by atoms with Crippen LogP contribution < -0.4 is 10.5 Å². The van der Waals surface area contributed by atoms with Crippen LogP contribution in [0, 0.1) is 17.2 Å². The van der Waals surface area contributed by atoms with E-state index in [2.05, 4.69) is 9.71 Å². The number of aromatic nitrogens is 1. The van der Waals surface area contributed by atoms with E-state index >= 15 is 0 Å². The zero-order chi connectivity index (χ0) is 14.3. The van der Waals surface area contributed by atoms with Gasteiger partial charge in [-0.15, -0.1) is 0 Å². The Labute approximate surface area is 116 Å². The van der Waals surface area contributed by atoms with Gasteiger partial charge in [-0.05, 0) is 18.6 Å². The summed E-state index contributed by atoms with van der Waals surface area (Å²) in [6.45, 7) is 0.609. The minimum atomic E-state index is -3.83. The SMILES string of the molecule is N#Cc1ncccc1S(=O)(=O)NC1C(N)C2CCOC21. The lowest BCUT2D eigenvalue weighted by Crippen LogP contribution is -2.68. The van der Waals surface area contributed by atoms with Crippen molar-refractivity contribution in [2.45, 2.75) is 29.5 Å². The number of hydrogen-bond donors (Lipinski definition) is 2. The van der Waals surface area contributed by atoms with Gasteiger partial charge in [-0.1, -0.05) is 0 Å². The minimum absolute atomic E-state index is 0.128. The van der Waals surface area contributed by atoms with Gasteiger partial charge in [0.2, 0.25) is 10.0 Å². The number of rotatable bonds is 3. The molecular weight excluding hydrogens is 280 g/mol. The van der Waals surface area contributed by atoms with Crippen molar-refractivity contribution in [1.82, 2.24) is 9.71 Å². The molecule has 0 amide bonds. The van der Waals surface area contributed by atoms with Gasteiger partial charge in [0.15, 0.2) is 5.69 Å². The first-order valence-electron chi connectivity index (χ1n) is 6.29. The summed E-state index contributed by atoms with van der Waals surface area (Å²) in [5.41, 5.74) is 5.85. The van der Waals surface area contributed by atoms with E-state index in [4.69, 9.17) is 15.7 Å². The molecule has 0 aromatic carbocycles. The molecule has 4 unspecified atom stereocenters. The van der Waals surface area contributed by atoms with Gasteiger partial charge < -0.3 is 10.5 Å². The second-order valence-corrected chi connectivity index (χ2v) is 6.66. The first-order valence-corrected chi connectivity index (χ1v) is 7.77. The molecule has 1 aromatic heterocycles. The number of nitrogens with two attached hydrogens (primary N) is 1. The second kappa shape index (κ2) is 4.79. The van der Waals surface area contributed by atoms with Crippen LogP contribution in [-0.4, -0.2) is 38.2 Å². The topological polar surface area (TPSA) is 118 Å². The first kappa shape index (κ1) is 13.5. The summed E-state index contributed by atoms with van der Waals surface area (Å²) in [6, 6.07) is 3.91. The van der Waals surface area contributed by atoms with Crippen LogP contribution in [0.2, 0.25) is 0 Å². The Morgan fingerprint density at radius 3 is 3.10 bits per heavy atom. The molecule has 106 valence electrons. The van der Waals surface area contributed by atoms with Crippen LogP contribution in [-0.2, 0) is 14.8 Å². The second-order valence-electron chi connectivity index (χ2n) is 4.97. The number of sulfonamides is 1. The fourth-order valence-electron chi connectivity index (χ4n) is 2.83. The monoisotopic (exact) mass is 294 g/mol. The molecule has 1 aliphatic heterocycles. The highest BCUT2D eigenvalue weighted by Crippen LogP contribution is 2.38. The van der Waals surface area contributed by atoms with Gasteiger partial charge >= 0.3 is 0 Å². The summed E-state index contributed by atoms with van der Waals surface area (Å²) in [6.07, 6.45) is 2.07. The molecule has 2 aliphatic rings. The third kappa shape index (κ3) is 1.99. The number of pyridine rings is 1. The van der Waals surface area contributed by atoms with Gasteiger partial charge in [-0.2, -0.15) is 5.26 Å². The van der Waals surface area contributed by atoms with Gasteiger partial charge in [-0.3, -0.25) is 0 Å². The third-order valence-electron chi connectivity index (χ3n) is 3.90. The van der Waals surface area contributed by atoms with Gasteiger partial charge in [0.1, 0.15) is 11.0 Å². The number of nitrogens with one attached hydrogen (secondary N) is 1. The number of ether oxygens (including phenoxy) is 1. The molecule has 1 saturated heterocycles. The fourth-order valence-corrected chi connectivity index (χ4v) is 4.22. The van der Waals surface area contributed by atoms with E-state index in [1.165, 1.54) is 18.3 Å². The van der Waals surface area contributed by atoms with E-state index in [1.54, 1.807) is 6.07 Å². The fraction of sp³-hybridized carbons (Fsp3) is 0.500. The Morgan fingerprint density at radius 2 is 2.35 bits per heavy atom. The Balaban J connectivity index is 1.85. The van der Waals surface area contributed by atoms with E-state index in [0.29, 0.717) is 6.61 Å². The van der Waals surface area contributed by atoms with E-state index in [1.807, 2.05) is 0 Å². The number of hydrogen-bond acceptors (Lipinski definition) is 6. The molecule has 0 bridgehead atoms. The van der Waals surface area contributed by atoms with Crippen molar-refractivity contribution in [3.8, 4) is 6.07 Å². The van der Waals surface area contributed by atoms with E-state index < -0.39 is 16.1 Å². The highest BCUT2D eigenvalue weighted by atomic mass is 32.2. The van der Waals surface area contributed by atoms with Crippen molar-refractivity contribution in [3.63, 3.8) is 0 Å². The van der Waals surface area contributed by atoms with Crippen molar-refractivity contribution in [2.24, 2.45) is 11.7 Å². The molecule has 20 heavy (non-hydrogen) atoms. The van der Waals surface area contributed by atoms with Gasteiger partial charge in [0, 0.05) is 24.8 Å². The average Bonchev–Trinajstić information content (AvgIpc) is 2.90. The lowest BCUT2D eigenvalue weighted by atomic mass is 9.73. The van der Waals surface area contributed by atoms with E-state index in [9.17, 15) is 8.42 Å². The molecular formula is C12H14N4O3S. The maximum atomic E-state index is 12.3. The smallest absolute Gasteiger partial charge is 0.243 e. The summed E-state index contributed by atoms with van der Waals surface area (Å²) in [5, 5.41) is 8.94. The average molecular weight is 294 g/mol. The Morgan fingerprint density at radius 1 is 1.55 bits per heavy atom. The predicted molar refractivity (Wildman–Crippen MR) is 68.9 cm³/mol. The van der Waals surface area contributed by atoms with Crippen LogP contribution in [0.15, 0.2) is 23.2 Å². The molecule has 2 heterocycles. The van der Waals surface area contributed by atoms with Crippen molar-refractivity contribution in [3.05, 3.63) is 24.0 Å². The number of nitriles is 1. The van der Waals surface area contributed by atoms with Crippen LogP contribution in [0.4, 0.5) is 0 Å². The summed E-state index contributed by atoms with van der Waals surface area (Å²) in [4.78, 5) is 3.63. The quantitative estimate of drug-likeness (QED) is 0.764. The zero-order valence-corrected chi connectivity index (χ0v) is 11.4. The molecule has 7 nitrogen and oxygen atoms in total. The molecule has 3 rings (SSSR count). The maximum absolute atomic E-state index is 12.3. The molecule has 8 heteroatoms. The Bertz CT molecular complexity index is 670. The summed E-state index contributed by atoms with van der Waals surface area (Å²) < 4.78 is 32.7. The highest BCUT2D eigenvalue weighted by Gasteiger charge is 2.53. The largest absolute Gasteiger partial charge is 0.376 e. The third-order valence-corrected chi connectivity index (χ3v) is 5.39. The first-order chi connectivity index (χ1) is 9.54. The van der Waals surface area contributed by atoms with Crippen molar-refractivity contribution in [1.29, 1.82) is 5.26 Å². The minimum Gasteiger partial charge on any atom is -0.376 e. The molecule has 0 radical (unpaired) electrons. The summed E-state index contributed by atoms with van der Waals surface area (Å²) >= 11 is 0. The van der Waals surface area contributed by atoms with E-state index in [0.717, 1.165) is 6.42 Å². The van der Waals surface area contributed by atoms with Gasteiger partial charge in [-0.25, -0.2) is 18.1 Å². The molecule has 3 N–H and O–H groups in total. The highest BCUT2D eigenvalue weighted by molar-refractivity contribution is 7.89. The molecule has 1 saturated carbocycles. The van der Waals surface area contributed by atoms with Gasteiger partial charge in [0.25, 0.3) is 0 Å². The van der Waals surface area contributed by atoms with Crippen LogP contribution in [0.3, 0.4) is 0 Å². The Hall–Kier alpha value is -1.53. The van der Waals surface area contributed by atoms with Crippen LogP contribution >= 0.6 is 0 Å². The number of nitrogens with zero attached hydrogens (tertiary/aromatic N) is 2. The van der Waals surface area contributed by atoms with Crippen LogP contribution in [0.1, 0.15) is 12.1 Å². The van der Waals surface area contributed by atoms with Crippen molar-refractivity contribution >= 4 is 10.0 Å². The van der Waals surface area contributed by atoms with Crippen molar-refractivity contribution in [2.75, 3.05) is 6.61 Å². The van der Waals surface area contributed by atoms with Crippen molar-refractivity contribution < 1.29 is 13.2 Å². The Kier molecular flexibility index (Phi) is 3.22. The zero-order valence-electron chi connectivity index (χ0n) is 10.6. The molecule has 2 fully saturated rings. The maximum Gasteiger partial charge on any atom is 0.243 e. The lowest BCUT2D eigenvalue weighted by Gasteiger charge is -2.45. The molecule has 1 aliphatic carbocycles. The summed E-state index contributed by atoms with van der Waals surface area (Å²) in [7, 11) is -3.83. The predicted octanol–water partition coefficient (Wildman–Crippen LogP) is -0.654. The standard InChI is InChI=1S/C12H14N4O3S/c13-6-8-9(2-1-4-15-8)20(17,18)16-11-10(14)7-3-5-19-12(7)11/h1-2,4,7,10-12,16H,3,5,14H2. The molecule has 1 aromatic rings. The van der Waals surface area contributed by atoms with Crippen LogP contribution in [0.5, 0.6) is 0 Å². The summed E-state index contributed by atoms with van der Waals surface area (Å²) in [5.74, 6) is 0.215. The number of fused-ring (bicyclic) bond motifs is 1. The lowest BCUT2D eigenvalue weighted by molar-refractivity contribution is -0.00924. The van der Waals surface area contributed by atoms with Crippen LogP contribution in [0.25, 0.3) is 0 Å². The molecule has 0 spiro atoms. The molecule has 4 atom stereocenters. The normalized spacial score (nSPS) is 32.2.